The van der Waals surface area contributed by atoms with Gasteiger partial charge < -0.3 is 11.1 Å². The van der Waals surface area contributed by atoms with E-state index < -0.39 is 0 Å². The summed E-state index contributed by atoms with van der Waals surface area (Å²) in [6.07, 6.45) is 0. The Bertz CT molecular complexity index is 114. The topological polar surface area (TPSA) is 38.0 Å². The molecule has 0 radical (unpaired) electrons. The minimum Gasteiger partial charge on any atom is -0.329 e. The van der Waals surface area contributed by atoms with Gasteiger partial charge in [-0.15, -0.1) is 0 Å². The van der Waals surface area contributed by atoms with E-state index in [1.807, 2.05) is 11.8 Å². The van der Waals surface area contributed by atoms with Crippen LogP contribution in [0.15, 0.2) is 0 Å². The zero-order valence-electron chi connectivity index (χ0n) is 6.68. The summed E-state index contributed by atoms with van der Waals surface area (Å²) in [5.74, 6) is 1.21. The van der Waals surface area contributed by atoms with Crippen molar-refractivity contribution in [2.24, 2.45) is 5.73 Å². The predicted octanol–water partition coefficient (Wildman–Crippen LogP) is 0.429. The first-order valence-electron chi connectivity index (χ1n) is 3.74. The lowest BCUT2D eigenvalue weighted by Crippen LogP contribution is -2.53. The summed E-state index contributed by atoms with van der Waals surface area (Å²) >= 11 is 2.01. The van der Waals surface area contributed by atoms with Crippen LogP contribution in [0.1, 0.15) is 13.8 Å². The fraction of sp³-hybridized carbons (Fsp3) is 1.00. The third-order valence-corrected chi connectivity index (χ3v) is 3.48. The van der Waals surface area contributed by atoms with Crippen LogP contribution in [0, 0.1) is 0 Å². The first kappa shape index (κ1) is 8.37. The third-order valence-electron chi connectivity index (χ3n) is 2.04. The molecule has 2 nitrogen and oxygen atoms in total. The Hall–Kier alpha value is 0.270. The molecule has 0 aromatic carbocycles. The molecule has 1 rings (SSSR count). The Morgan fingerprint density at radius 1 is 1.70 bits per heavy atom. The number of hydrogen-bond acceptors (Lipinski definition) is 3. The minimum absolute atomic E-state index is 0.326. The van der Waals surface area contributed by atoms with E-state index in [2.05, 4.69) is 19.2 Å². The first-order valence-corrected chi connectivity index (χ1v) is 4.73. The zero-order valence-corrected chi connectivity index (χ0v) is 7.50. The van der Waals surface area contributed by atoms with E-state index in [-0.39, 0.29) is 0 Å². The van der Waals surface area contributed by atoms with Gasteiger partial charge in [-0.2, -0.15) is 11.8 Å². The molecular weight excluding hydrogens is 144 g/mol. The molecule has 1 aliphatic heterocycles. The van der Waals surface area contributed by atoms with Crippen molar-refractivity contribution in [2.45, 2.75) is 24.6 Å². The van der Waals surface area contributed by atoms with Crippen LogP contribution >= 0.6 is 11.8 Å². The highest BCUT2D eigenvalue weighted by Crippen LogP contribution is 2.29. The Morgan fingerprint density at radius 3 is 2.80 bits per heavy atom. The average Bonchev–Trinajstić information content (AvgIpc) is 1.87. The van der Waals surface area contributed by atoms with Crippen LogP contribution in [0.2, 0.25) is 0 Å². The van der Waals surface area contributed by atoms with Gasteiger partial charge in [-0.3, -0.25) is 0 Å². The van der Waals surface area contributed by atoms with Crippen molar-refractivity contribution in [1.82, 2.24) is 5.32 Å². The van der Waals surface area contributed by atoms with Gasteiger partial charge in [0.05, 0.1) is 0 Å². The van der Waals surface area contributed by atoms with Crippen LogP contribution < -0.4 is 11.1 Å². The second-order valence-corrected chi connectivity index (χ2v) is 4.94. The number of hydrogen-bond donors (Lipinski definition) is 2. The third kappa shape index (κ3) is 1.65. The van der Waals surface area contributed by atoms with Gasteiger partial charge in [0.1, 0.15) is 0 Å². The molecule has 0 aromatic heterocycles. The van der Waals surface area contributed by atoms with E-state index in [1.54, 1.807) is 0 Å². The van der Waals surface area contributed by atoms with Gasteiger partial charge in [0.25, 0.3) is 0 Å². The second kappa shape index (κ2) is 3.11. The maximum Gasteiger partial charge on any atom is 0.0332 e. The Balaban J connectivity index is 2.51. The molecule has 1 saturated heterocycles. The molecule has 0 bridgehead atoms. The quantitative estimate of drug-likeness (QED) is 0.584. The smallest absolute Gasteiger partial charge is 0.0332 e. The van der Waals surface area contributed by atoms with E-state index in [0.717, 1.165) is 13.1 Å². The molecule has 0 amide bonds. The van der Waals surface area contributed by atoms with Crippen LogP contribution in [0.5, 0.6) is 0 Å². The van der Waals surface area contributed by atoms with E-state index in [9.17, 15) is 0 Å². The maximum absolute atomic E-state index is 5.60. The second-order valence-electron chi connectivity index (χ2n) is 3.19. The van der Waals surface area contributed by atoms with Gasteiger partial charge in [0, 0.05) is 29.6 Å². The highest BCUT2D eigenvalue weighted by molar-refractivity contribution is 8.00. The molecule has 0 aliphatic carbocycles. The van der Waals surface area contributed by atoms with Gasteiger partial charge in [-0.25, -0.2) is 0 Å². The normalized spacial score (nSPS) is 32.1. The number of rotatable bonds is 1. The first-order chi connectivity index (χ1) is 4.67. The summed E-state index contributed by atoms with van der Waals surface area (Å²) in [6.45, 7) is 6.36. The molecule has 1 heterocycles. The van der Waals surface area contributed by atoms with Gasteiger partial charge in [0.2, 0.25) is 0 Å². The summed E-state index contributed by atoms with van der Waals surface area (Å²) in [7, 11) is 0. The molecular formula is C7H16N2S. The molecule has 0 aromatic rings. The van der Waals surface area contributed by atoms with Crippen LogP contribution in [0.3, 0.4) is 0 Å². The summed E-state index contributed by atoms with van der Waals surface area (Å²) in [6, 6.07) is 0.492. The Labute approximate surface area is 66.9 Å². The van der Waals surface area contributed by atoms with E-state index >= 15 is 0 Å². The van der Waals surface area contributed by atoms with Gasteiger partial charge >= 0.3 is 0 Å². The highest BCUT2D eigenvalue weighted by Gasteiger charge is 2.31. The lowest BCUT2D eigenvalue weighted by Gasteiger charge is -2.38. The van der Waals surface area contributed by atoms with Crippen molar-refractivity contribution in [1.29, 1.82) is 0 Å². The standard InChI is InChI=1S/C7H16N2S/c1-7(2)6(5-8)9-3-4-10-7/h6,9H,3-5,8H2,1-2H3/t6-/m1/s1. The maximum atomic E-state index is 5.60. The summed E-state index contributed by atoms with van der Waals surface area (Å²) < 4.78 is 0.326. The zero-order chi connectivity index (χ0) is 7.61. The van der Waals surface area contributed by atoms with Crippen LogP contribution in [0.4, 0.5) is 0 Å². The molecule has 60 valence electrons. The monoisotopic (exact) mass is 160 g/mol. The predicted molar refractivity (Wildman–Crippen MR) is 47.4 cm³/mol. The molecule has 0 unspecified atom stereocenters. The van der Waals surface area contributed by atoms with Crippen LogP contribution in [0.25, 0.3) is 0 Å². The SMILES string of the molecule is CC1(C)SCCN[C@@H]1CN. The van der Waals surface area contributed by atoms with Crippen LogP contribution in [-0.2, 0) is 0 Å². The van der Waals surface area contributed by atoms with E-state index in [0.29, 0.717) is 10.8 Å². The minimum atomic E-state index is 0.326. The van der Waals surface area contributed by atoms with E-state index in [1.165, 1.54) is 5.75 Å². The lowest BCUT2D eigenvalue weighted by atomic mass is 10.0. The Morgan fingerprint density at radius 2 is 2.40 bits per heavy atom. The van der Waals surface area contributed by atoms with Crippen molar-refractivity contribution >= 4 is 11.8 Å². The van der Waals surface area contributed by atoms with Gasteiger partial charge in [-0.05, 0) is 13.8 Å². The molecule has 1 atom stereocenters. The Kier molecular flexibility index (Phi) is 2.61. The highest BCUT2D eigenvalue weighted by atomic mass is 32.2. The van der Waals surface area contributed by atoms with Gasteiger partial charge in [-0.1, -0.05) is 0 Å². The van der Waals surface area contributed by atoms with Crippen molar-refractivity contribution in [3.8, 4) is 0 Å². The number of thioether (sulfide) groups is 1. The molecule has 10 heavy (non-hydrogen) atoms. The molecule has 3 heteroatoms. The molecule has 1 fully saturated rings. The summed E-state index contributed by atoms with van der Waals surface area (Å²) in [4.78, 5) is 0. The van der Waals surface area contributed by atoms with Crippen molar-refractivity contribution in [2.75, 3.05) is 18.8 Å². The largest absolute Gasteiger partial charge is 0.329 e. The molecule has 1 aliphatic rings. The van der Waals surface area contributed by atoms with Crippen molar-refractivity contribution < 1.29 is 0 Å². The fourth-order valence-electron chi connectivity index (χ4n) is 1.26. The van der Waals surface area contributed by atoms with Crippen molar-refractivity contribution in [3.05, 3.63) is 0 Å². The molecule has 0 spiro atoms. The van der Waals surface area contributed by atoms with Crippen LogP contribution in [-0.4, -0.2) is 29.6 Å². The average molecular weight is 160 g/mol. The molecule has 0 saturated carbocycles. The number of nitrogens with one attached hydrogen (secondary N) is 1. The summed E-state index contributed by atoms with van der Waals surface area (Å²) in [5, 5.41) is 3.41. The van der Waals surface area contributed by atoms with Gasteiger partial charge in [0.15, 0.2) is 0 Å². The summed E-state index contributed by atoms with van der Waals surface area (Å²) in [5.41, 5.74) is 5.60. The molecule has 3 N–H and O–H groups in total. The lowest BCUT2D eigenvalue weighted by molar-refractivity contribution is 0.436. The fourth-order valence-corrected chi connectivity index (χ4v) is 2.39. The van der Waals surface area contributed by atoms with E-state index in [4.69, 9.17) is 5.73 Å². The van der Waals surface area contributed by atoms with Crippen molar-refractivity contribution in [3.63, 3.8) is 0 Å². The number of nitrogens with two attached hydrogens (primary N) is 1.